The van der Waals surface area contributed by atoms with Gasteiger partial charge in [0.25, 0.3) is 0 Å². The van der Waals surface area contributed by atoms with Crippen LogP contribution in [0.1, 0.15) is 22.3 Å². The summed E-state index contributed by atoms with van der Waals surface area (Å²) in [5.74, 6) is 0. The van der Waals surface area contributed by atoms with Gasteiger partial charge in [-0.05, 0) is 109 Å². The van der Waals surface area contributed by atoms with Crippen molar-refractivity contribution in [3.05, 3.63) is 222 Å². The molecule has 10 aromatic rings. The number of aromatic nitrogens is 1. The third kappa shape index (κ3) is 4.05. The zero-order valence-corrected chi connectivity index (χ0v) is 28.5. The molecule has 1 aromatic heterocycles. The summed E-state index contributed by atoms with van der Waals surface area (Å²) >= 11 is 0. The van der Waals surface area contributed by atoms with Crippen LogP contribution in [0.2, 0.25) is 0 Å². The van der Waals surface area contributed by atoms with E-state index in [9.17, 15) is 0 Å². The van der Waals surface area contributed by atoms with Crippen molar-refractivity contribution in [2.45, 2.75) is 5.41 Å². The topological polar surface area (TPSA) is 4.93 Å². The lowest BCUT2D eigenvalue weighted by molar-refractivity contribution is 0.769. The van der Waals surface area contributed by atoms with Crippen LogP contribution in [-0.2, 0) is 5.41 Å². The fourth-order valence-corrected chi connectivity index (χ4v) is 9.21. The smallest absolute Gasteiger partial charge is 0.0713 e. The molecule has 1 aliphatic rings. The number of para-hydroxylation sites is 1. The van der Waals surface area contributed by atoms with Crippen LogP contribution in [0.4, 0.5) is 0 Å². The van der Waals surface area contributed by atoms with Crippen LogP contribution in [0, 0.1) is 0 Å². The molecule has 1 aliphatic carbocycles. The molecule has 1 nitrogen and oxygen atoms in total. The van der Waals surface area contributed by atoms with E-state index in [2.05, 4.69) is 205 Å². The standard InChI is InChI=1S/C51H33N/c1-5-15-34(16-6-1)38-29-36-25-26-37-30-39(33-48-50(37)49(36)47(32-38)52(48)42-21-11-4-12-22-42)35-27-28-44-43-23-13-14-24-45(43)51(46(44)31-35,40-17-7-2-8-18-40)41-19-9-3-10-20-41/h1-33H. The van der Waals surface area contributed by atoms with E-state index in [4.69, 9.17) is 0 Å². The number of hydrogen-bond donors (Lipinski definition) is 0. The van der Waals surface area contributed by atoms with Gasteiger partial charge in [0.15, 0.2) is 0 Å². The number of benzene rings is 9. The SMILES string of the molecule is c1ccc(-c2cc3ccc4cc(-c5ccc6c(c5)C(c5ccccc5)(c5ccccc5)c5ccccc5-6)cc5c4c3c(c2)n5-c2ccccc2)cc1. The average molecular weight is 660 g/mol. The molecule has 11 rings (SSSR count). The Morgan fingerprint density at radius 3 is 1.44 bits per heavy atom. The summed E-state index contributed by atoms with van der Waals surface area (Å²) in [5.41, 5.74) is 15.9. The molecule has 9 aromatic carbocycles. The molecule has 0 saturated heterocycles. The van der Waals surface area contributed by atoms with Gasteiger partial charge in [-0.15, -0.1) is 0 Å². The zero-order chi connectivity index (χ0) is 34.2. The molecule has 0 unspecified atom stereocenters. The fourth-order valence-electron chi connectivity index (χ4n) is 9.21. The van der Waals surface area contributed by atoms with Crippen LogP contribution in [0.25, 0.3) is 71.6 Å². The minimum Gasteiger partial charge on any atom is -0.309 e. The second-order valence-electron chi connectivity index (χ2n) is 14.1. The van der Waals surface area contributed by atoms with E-state index in [1.54, 1.807) is 0 Å². The molecule has 0 fully saturated rings. The molecule has 1 heterocycles. The summed E-state index contributed by atoms with van der Waals surface area (Å²) in [6, 6.07) is 74.1. The number of fused-ring (bicyclic) bond motifs is 3. The van der Waals surface area contributed by atoms with Gasteiger partial charge in [-0.1, -0.05) is 158 Å². The van der Waals surface area contributed by atoms with Crippen LogP contribution in [0.5, 0.6) is 0 Å². The van der Waals surface area contributed by atoms with Crippen molar-refractivity contribution in [2.75, 3.05) is 0 Å². The largest absolute Gasteiger partial charge is 0.309 e. The van der Waals surface area contributed by atoms with E-state index < -0.39 is 5.41 Å². The molecule has 0 bridgehead atoms. The van der Waals surface area contributed by atoms with Gasteiger partial charge in [-0.2, -0.15) is 0 Å². The van der Waals surface area contributed by atoms with Crippen molar-refractivity contribution in [3.8, 4) is 39.1 Å². The van der Waals surface area contributed by atoms with Crippen molar-refractivity contribution in [1.29, 1.82) is 0 Å². The summed E-state index contributed by atoms with van der Waals surface area (Å²) in [7, 11) is 0. The lowest BCUT2D eigenvalue weighted by atomic mass is 9.67. The second-order valence-corrected chi connectivity index (χ2v) is 14.1. The lowest BCUT2D eigenvalue weighted by Gasteiger charge is -2.34. The van der Waals surface area contributed by atoms with Crippen LogP contribution in [-0.4, -0.2) is 4.57 Å². The molecular formula is C51H33N. The van der Waals surface area contributed by atoms with E-state index in [0.29, 0.717) is 0 Å². The molecule has 52 heavy (non-hydrogen) atoms. The van der Waals surface area contributed by atoms with Gasteiger partial charge in [-0.3, -0.25) is 0 Å². The van der Waals surface area contributed by atoms with Gasteiger partial charge in [0.1, 0.15) is 0 Å². The van der Waals surface area contributed by atoms with E-state index in [1.807, 2.05) is 0 Å². The van der Waals surface area contributed by atoms with Gasteiger partial charge in [0.05, 0.1) is 16.4 Å². The Bertz CT molecular complexity index is 2880. The van der Waals surface area contributed by atoms with Gasteiger partial charge in [0.2, 0.25) is 0 Å². The van der Waals surface area contributed by atoms with Crippen LogP contribution < -0.4 is 0 Å². The summed E-state index contributed by atoms with van der Waals surface area (Å²) < 4.78 is 2.47. The first-order valence-corrected chi connectivity index (χ1v) is 18.1. The Balaban J connectivity index is 1.20. The van der Waals surface area contributed by atoms with Crippen molar-refractivity contribution >= 4 is 32.6 Å². The fraction of sp³-hybridized carbons (Fsp3) is 0.0196. The van der Waals surface area contributed by atoms with Crippen molar-refractivity contribution in [1.82, 2.24) is 4.57 Å². The molecule has 0 saturated carbocycles. The van der Waals surface area contributed by atoms with E-state index in [1.165, 1.54) is 93.9 Å². The average Bonchev–Trinajstić information content (AvgIpc) is 3.72. The Morgan fingerprint density at radius 1 is 0.327 bits per heavy atom. The van der Waals surface area contributed by atoms with Crippen LogP contribution >= 0.6 is 0 Å². The van der Waals surface area contributed by atoms with Gasteiger partial charge >= 0.3 is 0 Å². The number of rotatable bonds is 5. The summed E-state index contributed by atoms with van der Waals surface area (Å²) in [4.78, 5) is 0. The van der Waals surface area contributed by atoms with Crippen LogP contribution in [0.3, 0.4) is 0 Å². The summed E-state index contributed by atoms with van der Waals surface area (Å²) in [6.45, 7) is 0. The molecule has 242 valence electrons. The summed E-state index contributed by atoms with van der Waals surface area (Å²) in [6.07, 6.45) is 0. The number of nitrogens with zero attached hydrogens (tertiary/aromatic N) is 1. The van der Waals surface area contributed by atoms with E-state index in [-0.39, 0.29) is 0 Å². The monoisotopic (exact) mass is 659 g/mol. The zero-order valence-electron chi connectivity index (χ0n) is 28.5. The van der Waals surface area contributed by atoms with Crippen LogP contribution in [0.15, 0.2) is 200 Å². The minimum atomic E-state index is -0.440. The molecule has 1 heteroatoms. The molecule has 0 atom stereocenters. The predicted molar refractivity (Wildman–Crippen MR) is 218 cm³/mol. The Hall–Kier alpha value is -6.70. The van der Waals surface area contributed by atoms with E-state index in [0.717, 1.165) is 0 Å². The maximum absolute atomic E-state index is 2.48. The molecule has 0 radical (unpaired) electrons. The molecular weight excluding hydrogens is 627 g/mol. The molecule has 0 spiro atoms. The van der Waals surface area contributed by atoms with Crippen molar-refractivity contribution in [2.24, 2.45) is 0 Å². The lowest BCUT2D eigenvalue weighted by Crippen LogP contribution is -2.28. The normalized spacial score (nSPS) is 13.2. The highest BCUT2D eigenvalue weighted by Crippen LogP contribution is 2.57. The highest BCUT2D eigenvalue weighted by Gasteiger charge is 2.46. The third-order valence-electron chi connectivity index (χ3n) is 11.4. The van der Waals surface area contributed by atoms with Gasteiger partial charge < -0.3 is 4.57 Å². The highest BCUT2D eigenvalue weighted by atomic mass is 15.0. The summed E-state index contributed by atoms with van der Waals surface area (Å²) in [5, 5.41) is 5.16. The number of hydrogen-bond acceptors (Lipinski definition) is 0. The maximum atomic E-state index is 2.48. The minimum absolute atomic E-state index is 0.440. The Labute approximate surface area is 303 Å². The van der Waals surface area contributed by atoms with Crippen molar-refractivity contribution < 1.29 is 0 Å². The third-order valence-corrected chi connectivity index (χ3v) is 11.4. The Kier molecular flexibility index (Phi) is 6.23. The molecule has 0 aliphatic heterocycles. The molecule has 0 amide bonds. The predicted octanol–water partition coefficient (Wildman–Crippen LogP) is 13.1. The first-order chi connectivity index (χ1) is 25.8. The first-order valence-electron chi connectivity index (χ1n) is 18.1. The second kappa shape index (κ2) is 11.2. The van der Waals surface area contributed by atoms with Gasteiger partial charge in [0, 0.05) is 16.5 Å². The molecule has 0 N–H and O–H groups in total. The van der Waals surface area contributed by atoms with Crippen molar-refractivity contribution in [3.63, 3.8) is 0 Å². The van der Waals surface area contributed by atoms with E-state index >= 15 is 0 Å². The van der Waals surface area contributed by atoms with Gasteiger partial charge in [-0.25, -0.2) is 0 Å². The Morgan fingerprint density at radius 2 is 0.827 bits per heavy atom. The maximum Gasteiger partial charge on any atom is 0.0713 e. The quantitative estimate of drug-likeness (QED) is 0.162. The highest BCUT2D eigenvalue weighted by molar-refractivity contribution is 6.25. The first kappa shape index (κ1) is 29.1.